The van der Waals surface area contributed by atoms with Gasteiger partial charge in [-0.3, -0.25) is 4.79 Å². The Labute approximate surface area is 180 Å². The van der Waals surface area contributed by atoms with Crippen molar-refractivity contribution in [3.8, 4) is 11.5 Å². The highest BCUT2D eigenvalue weighted by Gasteiger charge is 2.20. The van der Waals surface area contributed by atoms with E-state index in [9.17, 15) is 18.0 Å². The lowest BCUT2D eigenvalue weighted by atomic mass is 10.2. The first-order valence-corrected chi connectivity index (χ1v) is 11.3. The van der Waals surface area contributed by atoms with Crippen LogP contribution in [0.25, 0.3) is 0 Å². The Morgan fingerprint density at radius 3 is 2.16 bits per heavy atom. The standard InChI is InChI=1S/C23H21NO6S/c1-16(29-23(26)17-7-6-10-21(15-17)31(2,27)28)22(25)24-18-11-13-20(14-12-18)30-19-8-4-3-5-9-19/h3-16H,1-2H3,(H,24,25). The maximum absolute atomic E-state index is 12.4. The van der Waals surface area contributed by atoms with Crippen LogP contribution in [0, 0.1) is 0 Å². The maximum atomic E-state index is 12.4. The number of carbonyl (C=O) groups excluding carboxylic acids is 2. The van der Waals surface area contributed by atoms with Crippen LogP contribution in [-0.2, 0) is 19.4 Å². The molecule has 0 radical (unpaired) electrons. The number of para-hydroxylation sites is 1. The first-order valence-electron chi connectivity index (χ1n) is 9.37. The van der Waals surface area contributed by atoms with Crippen molar-refractivity contribution in [1.82, 2.24) is 0 Å². The van der Waals surface area contributed by atoms with E-state index in [-0.39, 0.29) is 10.5 Å². The van der Waals surface area contributed by atoms with E-state index >= 15 is 0 Å². The van der Waals surface area contributed by atoms with E-state index in [2.05, 4.69) is 5.32 Å². The lowest BCUT2D eigenvalue weighted by Gasteiger charge is -2.14. The monoisotopic (exact) mass is 439 g/mol. The van der Waals surface area contributed by atoms with Crippen molar-refractivity contribution in [2.45, 2.75) is 17.9 Å². The first kappa shape index (κ1) is 22.0. The van der Waals surface area contributed by atoms with E-state index < -0.39 is 27.8 Å². The molecule has 8 heteroatoms. The van der Waals surface area contributed by atoms with Crippen molar-refractivity contribution in [3.05, 3.63) is 84.4 Å². The van der Waals surface area contributed by atoms with Crippen LogP contribution in [0.15, 0.2) is 83.8 Å². The predicted octanol–water partition coefficient (Wildman–Crippen LogP) is 4.07. The first-order chi connectivity index (χ1) is 14.7. The van der Waals surface area contributed by atoms with Gasteiger partial charge in [0.05, 0.1) is 10.5 Å². The van der Waals surface area contributed by atoms with Gasteiger partial charge in [-0.15, -0.1) is 0 Å². The zero-order valence-electron chi connectivity index (χ0n) is 16.9. The third-order valence-electron chi connectivity index (χ3n) is 4.25. The average Bonchev–Trinajstić information content (AvgIpc) is 2.75. The molecule has 0 aromatic heterocycles. The number of carbonyl (C=O) groups is 2. The molecule has 1 unspecified atom stereocenters. The average molecular weight is 439 g/mol. The smallest absolute Gasteiger partial charge is 0.338 e. The number of esters is 1. The molecule has 0 fully saturated rings. The molecule has 3 rings (SSSR count). The number of sulfone groups is 1. The molecule has 0 spiro atoms. The van der Waals surface area contributed by atoms with E-state index in [1.54, 1.807) is 24.3 Å². The Bertz CT molecular complexity index is 1170. The van der Waals surface area contributed by atoms with Crippen molar-refractivity contribution in [2.24, 2.45) is 0 Å². The Kier molecular flexibility index (Phi) is 6.71. The summed E-state index contributed by atoms with van der Waals surface area (Å²) in [7, 11) is -3.47. The maximum Gasteiger partial charge on any atom is 0.338 e. The summed E-state index contributed by atoms with van der Waals surface area (Å²) in [5.74, 6) is -0.0155. The summed E-state index contributed by atoms with van der Waals surface area (Å²) in [5, 5.41) is 2.66. The summed E-state index contributed by atoms with van der Waals surface area (Å²) < 4.78 is 34.2. The van der Waals surface area contributed by atoms with Gasteiger partial charge in [-0.2, -0.15) is 0 Å². The molecule has 0 saturated carbocycles. The molecule has 7 nitrogen and oxygen atoms in total. The molecule has 3 aromatic rings. The predicted molar refractivity (Wildman–Crippen MR) is 116 cm³/mol. The van der Waals surface area contributed by atoms with Gasteiger partial charge in [0.25, 0.3) is 5.91 Å². The Morgan fingerprint density at radius 2 is 1.52 bits per heavy atom. The topological polar surface area (TPSA) is 98.8 Å². The lowest BCUT2D eigenvalue weighted by Crippen LogP contribution is -2.30. The third kappa shape index (κ3) is 6.16. The van der Waals surface area contributed by atoms with Gasteiger partial charge < -0.3 is 14.8 Å². The number of benzene rings is 3. The summed E-state index contributed by atoms with van der Waals surface area (Å²) in [6, 6.07) is 21.5. The second-order valence-electron chi connectivity index (χ2n) is 6.78. The molecule has 0 saturated heterocycles. The minimum Gasteiger partial charge on any atom is -0.457 e. The van der Waals surface area contributed by atoms with Crippen molar-refractivity contribution < 1.29 is 27.5 Å². The summed E-state index contributed by atoms with van der Waals surface area (Å²) in [6.45, 7) is 1.43. The number of hydrogen-bond donors (Lipinski definition) is 1. The highest BCUT2D eigenvalue weighted by atomic mass is 32.2. The number of amides is 1. The van der Waals surface area contributed by atoms with Crippen LogP contribution in [-0.4, -0.2) is 32.7 Å². The molecule has 0 aliphatic heterocycles. The van der Waals surface area contributed by atoms with E-state index in [4.69, 9.17) is 9.47 Å². The molecular formula is C23H21NO6S. The highest BCUT2D eigenvalue weighted by Crippen LogP contribution is 2.23. The van der Waals surface area contributed by atoms with Crippen LogP contribution in [0.5, 0.6) is 11.5 Å². The molecule has 31 heavy (non-hydrogen) atoms. The summed E-state index contributed by atoms with van der Waals surface area (Å²) >= 11 is 0. The molecule has 0 heterocycles. The normalized spacial score (nSPS) is 11.9. The minimum atomic E-state index is -3.47. The fourth-order valence-corrected chi connectivity index (χ4v) is 3.28. The number of rotatable bonds is 7. The van der Waals surface area contributed by atoms with Crippen LogP contribution in [0.4, 0.5) is 5.69 Å². The Hall–Kier alpha value is -3.65. The molecule has 3 aromatic carbocycles. The Balaban J connectivity index is 1.58. The van der Waals surface area contributed by atoms with Gasteiger partial charge in [0.2, 0.25) is 0 Å². The highest BCUT2D eigenvalue weighted by molar-refractivity contribution is 7.90. The van der Waals surface area contributed by atoms with Crippen molar-refractivity contribution >= 4 is 27.4 Å². The van der Waals surface area contributed by atoms with Gasteiger partial charge in [0, 0.05) is 11.9 Å². The van der Waals surface area contributed by atoms with Crippen molar-refractivity contribution in [3.63, 3.8) is 0 Å². The zero-order chi connectivity index (χ0) is 22.4. The van der Waals surface area contributed by atoms with Gasteiger partial charge in [0.15, 0.2) is 15.9 Å². The minimum absolute atomic E-state index is 0.00290. The summed E-state index contributed by atoms with van der Waals surface area (Å²) in [5.41, 5.74) is 0.553. The molecular weight excluding hydrogens is 418 g/mol. The summed E-state index contributed by atoms with van der Waals surface area (Å²) in [6.07, 6.45) is -0.0430. The SMILES string of the molecule is CC(OC(=O)c1cccc(S(C)(=O)=O)c1)C(=O)Nc1ccc(Oc2ccccc2)cc1. The number of hydrogen-bond acceptors (Lipinski definition) is 6. The largest absolute Gasteiger partial charge is 0.457 e. The van der Waals surface area contributed by atoms with Crippen molar-refractivity contribution in [2.75, 3.05) is 11.6 Å². The number of nitrogens with one attached hydrogen (secondary N) is 1. The molecule has 0 bridgehead atoms. The van der Waals surface area contributed by atoms with Crippen molar-refractivity contribution in [1.29, 1.82) is 0 Å². The molecule has 0 aliphatic rings. The molecule has 1 amide bonds. The number of anilines is 1. The van der Waals surface area contributed by atoms with E-state index in [1.165, 1.54) is 31.2 Å². The van der Waals surface area contributed by atoms with Crippen LogP contribution in [0.1, 0.15) is 17.3 Å². The third-order valence-corrected chi connectivity index (χ3v) is 5.36. The molecule has 0 aliphatic carbocycles. The van der Waals surface area contributed by atoms with Gasteiger partial charge in [-0.25, -0.2) is 13.2 Å². The van der Waals surface area contributed by atoms with Gasteiger partial charge in [-0.05, 0) is 61.5 Å². The fraction of sp³-hybridized carbons (Fsp3) is 0.130. The summed E-state index contributed by atoms with van der Waals surface area (Å²) in [4.78, 5) is 24.7. The molecule has 1 N–H and O–H groups in total. The van der Waals surface area contributed by atoms with Crippen LogP contribution in [0.3, 0.4) is 0 Å². The van der Waals surface area contributed by atoms with E-state index in [0.29, 0.717) is 17.2 Å². The molecule has 160 valence electrons. The second kappa shape index (κ2) is 9.44. The van der Waals surface area contributed by atoms with Gasteiger partial charge in [-0.1, -0.05) is 24.3 Å². The Morgan fingerprint density at radius 1 is 0.871 bits per heavy atom. The van der Waals surface area contributed by atoms with Crippen LogP contribution < -0.4 is 10.1 Å². The second-order valence-corrected chi connectivity index (χ2v) is 8.79. The zero-order valence-corrected chi connectivity index (χ0v) is 17.8. The van der Waals surface area contributed by atoms with E-state index in [0.717, 1.165) is 6.26 Å². The van der Waals surface area contributed by atoms with Crippen LogP contribution >= 0.6 is 0 Å². The fourth-order valence-electron chi connectivity index (χ4n) is 2.61. The lowest BCUT2D eigenvalue weighted by molar-refractivity contribution is -0.123. The van der Waals surface area contributed by atoms with Crippen LogP contribution in [0.2, 0.25) is 0 Å². The van der Waals surface area contributed by atoms with Gasteiger partial charge >= 0.3 is 5.97 Å². The number of ether oxygens (including phenoxy) is 2. The van der Waals surface area contributed by atoms with Gasteiger partial charge in [0.1, 0.15) is 11.5 Å². The quantitative estimate of drug-likeness (QED) is 0.557. The molecule has 1 atom stereocenters. The van der Waals surface area contributed by atoms with E-state index in [1.807, 2.05) is 30.3 Å².